The number of pyridine rings is 1. The molecule has 102 valence electrons. The summed E-state index contributed by atoms with van der Waals surface area (Å²) in [6, 6.07) is 8.84. The SMILES string of the molecule is C#Cn1cc(-c2cnc(N)nc2-c2ccco2)ccc1=O. The molecule has 6 heteroatoms. The first-order valence-corrected chi connectivity index (χ1v) is 6.05. The third-order valence-electron chi connectivity index (χ3n) is 2.92. The summed E-state index contributed by atoms with van der Waals surface area (Å²) in [5.41, 5.74) is 7.26. The normalized spacial score (nSPS) is 10.2. The number of aromatic nitrogens is 3. The molecule has 21 heavy (non-hydrogen) atoms. The van der Waals surface area contributed by atoms with Crippen molar-refractivity contribution in [2.75, 3.05) is 5.73 Å². The van der Waals surface area contributed by atoms with Gasteiger partial charge in [0.1, 0.15) is 5.69 Å². The Balaban J connectivity index is 2.24. The number of hydrogen-bond donors (Lipinski definition) is 1. The van der Waals surface area contributed by atoms with Crippen LogP contribution in [0.3, 0.4) is 0 Å². The maximum absolute atomic E-state index is 11.6. The van der Waals surface area contributed by atoms with Gasteiger partial charge in [0.15, 0.2) is 5.76 Å². The maximum atomic E-state index is 11.6. The van der Waals surface area contributed by atoms with E-state index in [9.17, 15) is 4.79 Å². The van der Waals surface area contributed by atoms with Crippen LogP contribution in [0.4, 0.5) is 5.95 Å². The third-order valence-corrected chi connectivity index (χ3v) is 2.92. The topological polar surface area (TPSA) is 86.9 Å². The minimum absolute atomic E-state index is 0.135. The molecule has 3 aromatic rings. The van der Waals surface area contributed by atoms with Gasteiger partial charge in [0.25, 0.3) is 5.56 Å². The van der Waals surface area contributed by atoms with Crippen LogP contribution < -0.4 is 11.3 Å². The van der Waals surface area contributed by atoms with Crippen molar-refractivity contribution in [3.63, 3.8) is 0 Å². The average Bonchev–Trinajstić information content (AvgIpc) is 3.02. The first kappa shape index (κ1) is 12.7. The molecule has 0 aliphatic carbocycles. The van der Waals surface area contributed by atoms with Crippen LogP contribution in [-0.2, 0) is 0 Å². The van der Waals surface area contributed by atoms with Gasteiger partial charge in [-0.25, -0.2) is 14.5 Å². The molecule has 6 nitrogen and oxygen atoms in total. The van der Waals surface area contributed by atoms with Gasteiger partial charge in [-0.1, -0.05) is 6.42 Å². The van der Waals surface area contributed by atoms with Gasteiger partial charge in [-0.2, -0.15) is 0 Å². The monoisotopic (exact) mass is 278 g/mol. The number of terminal acetylenes is 1. The van der Waals surface area contributed by atoms with Crippen LogP contribution >= 0.6 is 0 Å². The fourth-order valence-corrected chi connectivity index (χ4v) is 1.96. The van der Waals surface area contributed by atoms with Crippen LogP contribution in [0.5, 0.6) is 0 Å². The maximum Gasteiger partial charge on any atom is 0.262 e. The van der Waals surface area contributed by atoms with Crippen LogP contribution in [-0.4, -0.2) is 14.5 Å². The number of nitrogens with zero attached hydrogens (tertiary/aromatic N) is 3. The summed E-state index contributed by atoms with van der Waals surface area (Å²) in [7, 11) is 0. The predicted octanol–water partition coefficient (Wildman–Crippen LogP) is 1.59. The van der Waals surface area contributed by atoms with Crippen LogP contribution in [0.2, 0.25) is 0 Å². The lowest BCUT2D eigenvalue weighted by Gasteiger charge is -2.08. The number of hydrogen-bond acceptors (Lipinski definition) is 5. The summed E-state index contributed by atoms with van der Waals surface area (Å²) in [5.74, 6) is 0.688. The quantitative estimate of drug-likeness (QED) is 0.719. The Morgan fingerprint density at radius 3 is 2.90 bits per heavy atom. The number of rotatable bonds is 2. The molecule has 0 aliphatic heterocycles. The Labute approximate surface area is 119 Å². The van der Waals surface area contributed by atoms with E-state index in [0.717, 1.165) is 4.57 Å². The number of nitrogen functional groups attached to an aromatic ring is 1. The summed E-state index contributed by atoms with van der Waals surface area (Å²) in [6.45, 7) is 0. The summed E-state index contributed by atoms with van der Waals surface area (Å²) in [4.78, 5) is 19.7. The lowest BCUT2D eigenvalue weighted by molar-refractivity contribution is 0.580. The Bertz CT molecular complexity index is 889. The Morgan fingerprint density at radius 2 is 2.19 bits per heavy atom. The van der Waals surface area contributed by atoms with E-state index in [1.54, 1.807) is 36.9 Å². The van der Waals surface area contributed by atoms with E-state index >= 15 is 0 Å². The second-order valence-corrected chi connectivity index (χ2v) is 4.22. The van der Waals surface area contributed by atoms with Crippen molar-refractivity contribution in [3.05, 3.63) is 53.3 Å². The van der Waals surface area contributed by atoms with E-state index in [-0.39, 0.29) is 11.5 Å². The van der Waals surface area contributed by atoms with Gasteiger partial charge in [-0.05, 0) is 18.2 Å². The zero-order valence-electron chi connectivity index (χ0n) is 10.9. The van der Waals surface area contributed by atoms with E-state index in [2.05, 4.69) is 16.0 Å². The highest BCUT2D eigenvalue weighted by Gasteiger charge is 2.13. The van der Waals surface area contributed by atoms with Gasteiger partial charge < -0.3 is 10.2 Å². The van der Waals surface area contributed by atoms with Gasteiger partial charge >= 0.3 is 0 Å². The third kappa shape index (κ3) is 2.28. The van der Waals surface area contributed by atoms with E-state index < -0.39 is 0 Å². The highest BCUT2D eigenvalue weighted by Crippen LogP contribution is 2.30. The van der Waals surface area contributed by atoms with Gasteiger partial charge in [0.05, 0.1) is 6.26 Å². The van der Waals surface area contributed by atoms with Crippen molar-refractivity contribution in [3.8, 4) is 35.0 Å². The smallest absolute Gasteiger partial charge is 0.262 e. The predicted molar refractivity (Wildman–Crippen MR) is 78.1 cm³/mol. The van der Waals surface area contributed by atoms with E-state index in [1.165, 1.54) is 6.07 Å². The molecule has 0 saturated heterocycles. The molecule has 3 aromatic heterocycles. The molecule has 0 fully saturated rings. The highest BCUT2D eigenvalue weighted by atomic mass is 16.3. The molecule has 3 heterocycles. The second-order valence-electron chi connectivity index (χ2n) is 4.22. The van der Waals surface area contributed by atoms with E-state index in [0.29, 0.717) is 22.6 Å². The fraction of sp³-hybridized carbons (Fsp3) is 0. The first-order chi connectivity index (χ1) is 10.2. The van der Waals surface area contributed by atoms with Crippen molar-refractivity contribution in [1.82, 2.24) is 14.5 Å². The molecular weight excluding hydrogens is 268 g/mol. The Kier molecular flexibility index (Phi) is 3.01. The zero-order valence-corrected chi connectivity index (χ0v) is 10.9. The van der Waals surface area contributed by atoms with Crippen molar-refractivity contribution in [2.45, 2.75) is 0 Å². The number of anilines is 1. The summed E-state index contributed by atoms with van der Waals surface area (Å²) in [6.07, 6.45) is 9.95. The number of nitrogens with two attached hydrogens (primary N) is 1. The molecule has 0 saturated carbocycles. The van der Waals surface area contributed by atoms with E-state index in [4.69, 9.17) is 16.6 Å². The molecule has 0 bridgehead atoms. The Morgan fingerprint density at radius 1 is 1.33 bits per heavy atom. The minimum atomic E-state index is -0.280. The van der Waals surface area contributed by atoms with Crippen LogP contribution in [0.15, 0.2) is 52.1 Å². The number of furan rings is 1. The lowest BCUT2D eigenvalue weighted by atomic mass is 10.1. The van der Waals surface area contributed by atoms with Crippen molar-refractivity contribution in [1.29, 1.82) is 0 Å². The lowest BCUT2D eigenvalue weighted by Crippen LogP contribution is -2.14. The molecule has 0 atom stereocenters. The van der Waals surface area contributed by atoms with Gasteiger partial charge in [-0.3, -0.25) is 4.79 Å². The average molecular weight is 278 g/mol. The van der Waals surface area contributed by atoms with Crippen LogP contribution in [0.25, 0.3) is 22.6 Å². The van der Waals surface area contributed by atoms with Crippen LogP contribution in [0.1, 0.15) is 0 Å². The molecule has 0 spiro atoms. The molecule has 0 aromatic carbocycles. The van der Waals surface area contributed by atoms with Crippen molar-refractivity contribution in [2.24, 2.45) is 0 Å². The molecule has 3 rings (SSSR count). The molecule has 0 unspecified atom stereocenters. The van der Waals surface area contributed by atoms with Gasteiger partial charge in [0, 0.05) is 35.6 Å². The summed E-state index contributed by atoms with van der Waals surface area (Å²) < 4.78 is 6.51. The van der Waals surface area contributed by atoms with Gasteiger partial charge in [0.2, 0.25) is 5.95 Å². The van der Waals surface area contributed by atoms with Crippen molar-refractivity contribution < 1.29 is 4.42 Å². The standard InChI is InChI=1S/C15H10N4O2/c1-2-19-9-10(5-6-13(19)20)11-8-17-15(16)18-14(11)12-4-3-7-21-12/h1,3-9H,(H2,16,17,18). The molecule has 2 N–H and O–H groups in total. The summed E-state index contributed by atoms with van der Waals surface area (Å²) in [5, 5.41) is 0. The zero-order chi connectivity index (χ0) is 14.8. The molecule has 0 amide bonds. The molecular formula is C15H10N4O2. The minimum Gasteiger partial charge on any atom is -0.463 e. The van der Waals surface area contributed by atoms with E-state index in [1.807, 2.05) is 0 Å². The first-order valence-electron chi connectivity index (χ1n) is 6.05. The van der Waals surface area contributed by atoms with Crippen molar-refractivity contribution >= 4 is 5.95 Å². The van der Waals surface area contributed by atoms with Gasteiger partial charge in [-0.15, -0.1) is 0 Å². The summed E-state index contributed by atoms with van der Waals surface area (Å²) >= 11 is 0. The molecule has 0 radical (unpaired) electrons. The largest absolute Gasteiger partial charge is 0.463 e. The fourth-order valence-electron chi connectivity index (χ4n) is 1.96. The highest BCUT2D eigenvalue weighted by molar-refractivity contribution is 5.78. The second kappa shape index (κ2) is 4.98. The van der Waals surface area contributed by atoms with Crippen LogP contribution in [0, 0.1) is 12.5 Å². The Hall–Kier alpha value is -3.33. The molecule has 0 aliphatic rings.